The van der Waals surface area contributed by atoms with Crippen LogP contribution in [0.2, 0.25) is 0 Å². The van der Waals surface area contributed by atoms with Crippen molar-refractivity contribution in [2.75, 3.05) is 7.11 Å². The summed E-state index contributed by atoms with van der Waals surface area (Å²) in [6.45, 7) is 2.13. The van der Waals surface area contributed by atoms with Crippen molar-refractivity contribution in [1.82, 2.24) is 4.98 Å². The Balaban J connectivity index is 1.86. The molecule has 0 atom stereocenters. The monoisotopic (exact) mass is 383 g/mol. The lowest BCUT2D eigenvalue weighted by Crippen LogP contribution is -2.00. The van der Waals surface area contributed by atoms with Crippen LogP contribution in [0.15, 0.2) is 72.8 Å². The molecule has 0 saturated heterocycles. The van der Waals surface area contributed by atoms with Crippen molar-refractivity contribution in [2.24, 2.45) is 0 Å². The van der Waals surface area contributed by atoms with Crippen LogP contribution in [0.3, 0.4) is 0 Å². The second-order valence-corrected chi connectivity index (χ2v) is 6.87. The zero-order valence-electron chi connectivity index (χ0n) is 16.3. The molecule has 0 aliphatic heterocycles. The zero-order chi connectivity index (χ0) is 20.4. The van der Waals surface area contributed by atoms with Gasteiger partial charge in [-0.1, -0.05) is 43.3 Å². The van der Waals surface area contributed by atoms with Gasteiger partial charge in [0.1, 0.15) is 5.75 Å². The van der Waals surface area contributed by atoms with Gasteiger partial charge in [0.05, 0.1) is 23.9 Å². The summed E-state index contributed by atoms with van der Waals surface area (Å²) in [5, 5.41) is 10.4. The second kappa shape index (κ2) is 7.76. The lowest BCUT2D eigenvalue weighted by atomic mass is 9.99. The molecule has 0 saturated carbocycles. The molecule has 4 nitrogen and oxygen atoms in total. The second-order valence-electron chi connectivity index (χ2n) is 6.87. The van der Waals surface area contributed by atoms with E-state index in [4.69, 9.17) is 9.72 Å². The van der Waals surface area contributed by atoms with E-state index in [1.165, 1.54) is 5.56 Å². The average Bonchev–Trinajstić information content (AvgIpc) is 2.78. The summed E-state index contributed by atoms with van der Waals surface area (Å²) in [5.74, 6) is -0.224. The van der Waals surface area contributed by atoms with Gasteiger partial charge >= 0.3 is 5.97 Å². The van der Waals surface area contributed by atoms with Crippen LogP contribution in [0.4, 0.5) is 0 Å². The summed E-state index contributed by atoms with van der Waals surface area (Å²) < 4.78 is 5.20. The molecule has 1 N–H and O–H groups in total. The number of hydrogen-bond donors (Lipinski definition) is 1. The molecule has 144 valence electrons. The number of aromatic carboxylic acids is 1. The smallest absolute Gasteiger partial charge is 0.336 e. The van der Waals surface area contributed by atoms with Crippen LogP contribution < -0.4 is 4.74 Å². The molecular weight excluding hydrogens is 362 g/mol. The van der Waals surface area contributed by atoms with Crippen molar-refractivity contribution in [2.45, 2.75) is 13.3 Å². The molecule has 1 heterocycles. The number of pyridine rings is 1. The quantitative estimate of drug-likeness (QED) is 0.470. The van der Waals surface area contributed by atoms with Crippen LogP contribution in [0, 0.1) is 0 Å². The highest BCUT2D eigenvalue weighted by Crippen LogP contribution is 2.30. The van der Waals surface area contributed by atoms with Crippen LogP contribution in [0.25, 0.3) is 33.3 Å². The van der Waals surface area contributed by atoms with Crippen molar-refractivity contribution >= 4 is 16.9 Å². The number of carbonyl (C=O) groups is 1. The van der Waals surface area contributed by atoms with Gasteiger partial charge in [0.2, 0.25) is 0 Å². The predicted molar refractivity (Wildman–Crippen MR) is 116 cm³/mol. The third-order valence-electron chi connectivity index (χ3n) is 5.12. The van der Waals surface area contributed by atoms with Crippen molar-refractivity contribution < 1.29 is 14.6 Å². The van der Waals surface area contributed by atoms with E-state index in [1.807, 2.05) is 42.5 Å². The highest BCUT2D eigenvalue weighted by atomic mass is 16.5. The predicted octanol–water partition coefficient (Wildman–Crippen LogP) is 5.84. The van der Waals surface area contributed by atoms with Crippen LogP contribution in [0.1, 0.15) is 22.8 Å². The number of aryl methyl sites for hydroxylation is 1. The van der Waals surface area contributed by atoms with E-state index >= 15 is 0 Å². The number of aromatic nitrogens is 1. The Bertz CT molecular complexity index is 1170. The minimum absolute atomic E-state index is 0.244. The largest absolute Gasteiger partial charge is 0.497 e. The minimum atomic E-state index is -0.966. The normalized spacial score (nSPS) is 10.8. The number of fused-ring (bicyclic) bond motifs is 1. The first-order valence-electron chi connectivity index (χ1n) is 9.51. The van der Waals surface area contributed by atoms with Crippen molar-refractivity contribution in [3.63, 3.8) is 0 Å². The van der Waals surface area contributed by atoms with Crippen molar-refractivity contribution in [3.8, 4) is 28.1 Å². The summed E-state index contributed by atoms with van der Waals surface area (Å²) in [6, 6.07) is 23.2. The van der Waals surface area contributed by atoms with Crippen molar-refractivity contribution in [3.05, 3.63) is 83.9 Å². The molecule has 0 aliphatic carbocycles. The van der Waals surface area contributed by atoms with E-state index in [1.54, 1.807) is 13.2 Å². The summed E-state index contributed by atoms with van der Waals surface area (Å²) in [5.41, 5.74) is 5.74. The number of carboxylic acids is 1. The van der Waals surface area contributed by atoms with Gasteiger partial charge in [-0.05, 0) is 59.5 Å². The number of nitrogens with zero attached hydrogens (tertiary/aromatic N) is 1. The number of carboxylic acid groups (broad SMARTS) is 1. The van der Waals surface area contributed by atoms with Gasteiger partial charge in [-0.25, -0.2) is 9.78 Å². The third kappa shape index (κ3) is 3.69. The minimum Gasteiger partial charge on any atom is -0.497 e. The van der Waals surface area contributed by atoms with Gasteiger partial charge < -0.3 is 9.84 Å². The zero-order valence-corrected chi connectivity index (χ0v) is 16.3. The molecule has 0 aliphatic rings. The van der Waals surface area contributed by atoms with E-state index in [-0.39, 0.29) is 5.56 Å². The van der Waals surface area contributed by atoms with Gasteiger partial charge in [-0.2, -0.15) is 0 Å². The highest BCUT2D eigenvalue weighted by molar-refractivity contribution is 6.04. The Morgan fingerprint density at radius 2 is 1.55 bits per heavy atom. The third-order valence-corrected chi connectivity index (χ3v) is 5.12. The lowest BCUT2D eigenvalue weighted by molar-refractivity contribution is 0.0699. The van der Waals surface area contributed by atoms with Crippen LogP contribution >= 0.6 is 0 Å². The SMILES string of the molecule is CCc1ccc(-c2ccc3c(C(=O)O)cc(-c4ccc(OC)cc4)nc3c2)cc1. The Kier molecular flexibility index (Phi) is 5.00. The van der Waals surface area contributed by atoms with Crippen LogP contribution in [-0.2, 0) is 6.42 Å². The summed E-state index contributed by atoms with van der Waals surface area (Å²) in [7, 11) is 1.61. The lowest BCUT2D eigenvalue weighted by Gasteiger charge is -2.10. The average molecular weight is 383 g/mol. The first-order chi connectivity index (χ1) is 14.1. The molecule has 3 aromatic carbocycles. The van der Waals surface area contributed by atoms with E-state index < -0.39 is 5.97 Å². The molecule has 0 fully saturated rings. The number of ether oxygens (including phenoxy) is 1. The number of benzene rings is 3. The van der Waals surface area contributed by atoms with Crippen LogP contribution in [-0.4, -0.2) is 23.2 Å². The van der Waals surface area contributed by atoms with E-state index in [0.29, 0.717) is 16.6 Å². The summed E-state index contributed by atoms with van der Waals surface area (Å²) >= 11 is 0. The Morgan fingerprint density at radius 3 is 2.17 bits per heavy atom. The first-order valence-corrected chi connectivity index (χ1v) is 9.51. The van der Waals surface area contributed by atoms with E-state index in [2.05, 4.69) is 31.2 Å². The fourth-order valence-corrected chi connectivity index (χ4v) is 3.43. The molecule has 0 bridgehead atoms. The number of hydrogen-bond acceptors (Lipinski definition) is 3. The Morgan fingerprint density at radius 1 is 0.897 bits per heavy atom. The maximum Gasteiger partial charge on any atom is 0.336 e. The summed E-state index contributed by atoms with van der Waals surface area (Å²) in [4.78, 5) is 16.6. The molecule has 4 rings (SSSR count). The van der Waals surface area contributed by atoms with Gasteiger partial charge in [0, 0.05) is 10.9 Å². The topological polar surface area (TPSA) is 59.4 Å². The Labute approximate surface area is 169 Å². The maximum absolute atomic E-state index is 11.9. The van der Waals surface area contributed by atoms with E-state index in [9.17, 15) is 9.90 Å². The molecule has 4 aromatic rings. The number of methoxy groups -OCH3 is 1. The maximum atomic E-state index is 11.9. The molecule has 1 aromatic heterocycles. The fraction of sp³-hybridized carbons (Fsp3) is 0.120. The Hall–Kier alpha value is -3.66. The van der Waals surface area contributed by atoms with Gasteiger partial charge in [0.25, 0.3) is 0 Å². The molecular formula is C25H21NO3. The fourth-order valence-electron chi connectivity index (χ4n) is 3.43. The first kappa shape index (κ1) is 18.7. The molecule has 0 spiro atoms. The molecule has 0 radical (unpaired) electrons. The summed E-state index contributed by atoms with van der Waals surface area (Å²) in [6.07, 6.45) is 0.993. The van der Waals surface area contributed by atoms with Crippen molar-refractivity contribution in [1.29, 1.82) is 0 Å². The molecule has 29 heavy (non-hydrogen) atoms. The van der Waals surface area contributed by atoms with Gasteiger partial charge in [-0.3, -0.25) is 0 Å². The molecule has 0 amide bonds. The molecule has 0 unspecified atom stereocenters. The van der Waals surface area contributed by atoms with E-state index in [0.717, 1.165) is 28.9 Å². The standard InChI is InChI=1S/C25H21NO3/c1-3-16-4-6-17(7-5-16)19-10-13-21-22(25(27)28)15-23(26-24(21)14-19)18-8-11-20(29-2)12-9-18/h4-15H,3H2,1-2H3,(H,27,28). The van der Waals surface area contributed by atoms with Gasteiger partial charge in [0.15, 0.2) is 0 Å². The highest BCUT2D eigenvalue weighted by Gasteiger charge is 2.14. The number of rotatable bonds is 5. The van der Waals surface area contributed by atoms with Gasteiger partial charge in [-0.15, -0.1) is 0 Å². The van der Waals surface area contributed by atoms with Crippen LogP contribution in [0.5, 0.6) is 5.75 Å². The molecule has 4 heteroatoms.